The van der Waals surface area contributed by atoms with Crippen molar-refractivity contribution in [2.75, 3.05) is 0 Å². The molecule has 5 heteroatoms. The first-order valence-electron chi connectivity index (χ1n) is 6.99. The van der Waals surface area contributed by atoms with Crippen LogP contribution in [0.2, 0.25) is 0 Å². The molecule has 0 aliphatic heterocycles. The minimum Gasteiger partial charge on any atom is -0.295 e. The molecule has 1 aliphatic carbocycles. The largest absolute Gasteiger partial charge is 0.295 e. The Hall–Kier alpha value is -2.01. The summed E-state index contributed by atoms with van der Waals surface area (Å²) in [5, 5.41) is 1.82. The van der Waals surface area contributed by atoms with Gasteiger partial charge in [0.1, 0.15) is 10.5 Å². The number of nitrogens with zero attached hydrogens (tertiary/aromatic N) is 2. The van der Waals surface area contributed by atoms with Crippen molar-refractivity contribution in [3.8, 4) is 11.1 Å². The van der Waals surface area contributed by atoms with E-state index in [4.69, 9.17) is 0 Å². The Morgan fingerprint density at radius 2 is 2.05 bits per heavy atom. The zero-order valence-corrected chi connectivity index (χ0v) is 12.1. The van der Waals surface area contributed by atoms with E-state index in [1.54, 1.807) is 29.1 Å². The molecule has 0 atom stereocenters. The Morgan fingerprint density at radius 1 is 1.24 bits per heavy atom. The average Bonchev–Trinajstić information content (AvgIpc) is 2.85. The van der Waals surface area contributed by atoms with Gasteiger partial charge in [-0.2, -0.15) is 0 Å². The fraction of sp³-hybridized carbons (Fsp3) is 0.250. The molecular formula is C16H13FN2OS. The summed E-state index contributed by atoms with van der Waals surface area (Å²) in [6, 6.07) is 6.88. The van der Waals surface area contributed by atoms with Crippen LogP contribution in [0.3, 0.4) is 0 Å². The third kappa shape index (κ3) is 1.92. The zero-order chi connectivity index (χ0) is 14.4. The number of benzene rings is 1. The molecule has 0 bridgehead atoms. The van der Waals surface area contributed by atoms with E-state index < -0.39 is 0 Å². The lowest BCUT2D eigenvalue weighted by molar-refractivity contribution is 0.305. The van der Waals surface area contributed by atoms with E-state index in [-0.39, 0.29) is 17.4 Å². The van der Waals surface area contributed by atoms with E-state index in [1.807, 2.05) is 5.38 Å². The monoisotopic (exact) mass is 300 g/mol. The molecule has 106 valence electrons. The zero-order valence-electron chi connectivity index (χ0n) is 11.3. The van der Waals surface area contributed by atoms with Gasteiger partial charge in [0.2, 0.25) is 0 Å². The van der Waals surface area contributed by atoms with Crippen molar-refractivity contribution in [2.45, 2.75) is 25.3 Å². The van der Waals surface area contributed by atoms with Crippen molar-refractivity contribution in [1.29, 1.82) is 0 Å². The van der Waals surface area contributed by atoms with Crippen LogP contribution in [0.1, 0.15) is 25.3 Å². The third-order valence-electron chi connectivity index (χ3n) is 4.14. The molecule has 3 nitrogen and oxygen atoms in total. The highest BCUT2D eigenvalue weighted by atomic mass is 32.1. The van der Waals surface area contributed by atoms with Crippen LogP contribution in [0.4, 0.5) is 4.39 Å². The lowest BCUT2D eigenvalue weighted by Gasteiger charge is -2.26. The molecule has 0 spiro atoms. The maximum atomic E-state index is 13.9. The summed E-state index contributed by atoms with van der Waals surface area (Å²) in [6.07, 6.45) is 4.86. The van der Waals surface area contributed by atoms with E-state index in [0.29, 0.717) is 21.3 Å². The van der Waals surface area contributed by atoms with Gasteiger partial charge >= 0.3 is 0 Å². The highest BCUT2D eigenvalue weighted by Crippen LogP contribution is 2.34. The second kappa shape index (κ2) is 4.77. The van der Waals surface area contributed by atoms with Crippen LogP contribution in [-0.2, 0) is 0 Å². The summed E-state index contributed by atoms with van der Waals surface area (Å²) in [5.41, 5.74) is 1.80. The van der Waals surface area contributed by atoms with Gasteiger partial charge in [0.05, 0.1) is 11.8 Å². The van der Waals surface area contributed by atoms with Gasteiger partial charge in [-0.15, -0.1) is 11.3 Å². The lowest BCUT2D eigenvalue weighted by atomic mass is 9.93. The van der Waals surface area contributed by atoms with E-state index in [1.165, 1.54) is 23.8 Å². The first-order chi connectivity index (χ1) is 10.3. The second-order valence-electron chi connectivity index (χ2n) is 5.35. The number of halogens is 1. The molecule has 1 fully saturated rings. The fourth-order valence-corrected chi connectivity index (χ4v) is 3.67. The third-order valence-corrected chi connectivity index (χ3v) is 5.09. The van der Waals surface area contributed by atoms with Crippen molar-refractivity contribution < 1.29 is 4.39 Å². The van der Waals surface area contributed by atoms with Gasteiger partial charge in [0.15, 0.2) is 0 Å². The van der Waals surface area contributed by atoms with Crippen LogP contribution in [-0.4, -0.2) is 9.55 Å². The molecule has 21 heavy (non-hydrogen) atoms. The predicted octanol–water partition coefficient (Wildman–Crippen LogP) is 3.99. The Morgan fingerprint density at radius 3 is 2.76 bits per heavy atom. The molecule has 4 rings (SSSR count). The lowest BCUT2D eigenvalue weighted by Crippen LogP contribution is -2.28. The molecule has 1 aromatic carbocycles. The number of rotatable bonds is 2. The predicted molar refractivity (Wildman–Crippen MR) is 82.2 cm³/mol. The van der Waals surface area contributed by atoms with E-state index in [0.717, 1.165) is 12.8 Å². The van der Waals surface area contributed by atoms with Gasteiger partial charge < -0.3 is 0 Å². The summed E-state index contributed by atoms with van der Waals surface area (Å²) in [7, 11) is 0. The number of aromatic nitrogens is 2. The van der Waals surface area contributed by atoms with Crippen LogP contribution in [0.25, 0.3) is 21.3 Å². The van der Waals surface area contributed by atoms with Gasteiger partial charge in [-0.1, -0.05) is 18.2 Å². The minimum absolute atomic E-state index is 0.00251. The van der Waals surface area contributed by atoms with Crippen LogP contribution >= 0.6 is 11.3 Å². The molecule has 0 saturated heterocycles. The topological polar surface area (TPSA) is 34.9 Å². The second-order valence-corrected chi connectivity index (χ2v) is 6.23. The smallest absolute Gasteiger partial charge is 0.271 e. The van der Waals surface area contributed by atoms with Crippen molar-refractivity contribution in [2.24, 2.45) is 0 Å². The highest BCUT2D eigenvalue weighted by Gasteiger charge is 2.22. The molecule has 2 heterocycles. The molecule has 2 aromatic heterocycles. The molecule has 0 amide bonds. The summed E-state index contributed by atoms with van der Waals surface area (Å²) in [5.74, 6) is -0.290. The van der Waals surface area contributed by atoms with Gasteiger partial charge in [-0.3, -0.25) is 9.36 Å². The number of hydrogen-bond donors (Lipinski definition) is 0. The Kier molecular flexibility index (Phi) is 2.89. The van der Waals surface area contributed by atoms with Gasteiger partial charge in [0, 0.05) is 22.5 Å². The maximum absolute atomic E-state index is 13.9. The Labute approximate surface area is 124 Å². The standard InChI is InChI=1S/C16H13FN2OS/c17-13-7-2-1-6-11(13)12-8-21-15-14(12)18-9-19(16(15)20)10-4-3-5-10/h1-2,6-10H,3-5H2. The summed E-state index contributed by atoms with van der Waals surface area (Å²) in [6.45, 7) is 0. The molecule has 3 aromatic rings. The maximum Gasteiger partial charge on any atom is 0.271 e. The summed E-state index contributed by atoms with van der Waals surface area (Å²) < 4.78 is 16.3. The van der Waals surface area contributed by atoms with E-state index in [2.05, 4.69) is 4.98 Å². The van der Waals surface area contributed by atoms with Gasteiger partial charge in [0.25, 0.3) is 5.56 Å². The SMILES string of the molecule is O=c1c2scc(-c3ccccc3F)c2ncn1C1CCC1. The molecule has 0 N–H and O–H groups in total. The van der Waals surface area contributed by atoms with Crippen molar-refractivity contribution in [3.63, 3.8) is 0 Å². The number of hydrogen-bond acceptors (Lipinski definition) is 3. The Bertz CT molecular complexity index is 879. The molecule has 1 aliphatic rings. The quantitative estimate of drug-likeness (QED) is 0.717. The van der Waals surface area contributed by atoms with Crippen LogP contribution in [0.15, 0.2) is 40.8 Å². The first-order valence-corrected chi connectivity index (χ1v) is 7.87. The normalized spacial score (nSPS) is 15.3. The molecule has 0 radical (unpaired) electrons. The van der Waals surface area contributed by atoms with E-state index in [9.17, 15) is 9.18 Å². The molecular weight excluding hydrogens is 287 g/mol. The first kappa shape index (κ1) is 12.7. The summed E-state index contributed by atoms with van der Waals surface area (Å²) in [4.78, 5) is 17.0. The summed E-state index contributed by atoms with van der Waals surface area (Å²) >= 11 is 1.35. The van der Waals surface area contributed by atoms with Crippen LogP contribution < -0.4 is 5.56 Å². The van der Waals surface area contributed by atoms with E-state index >= 15 is 0 Å². The van der Waals surface area contributed by atoms with Crippen molar-refractivity contribution in [1.82, 2.24) is 9.55 Å². The fourth-order valence-electron chi connectivity index (χ4n) is 2.72. The average molecular weight is 300 g/mol. The number of thiophene rings is 1. The highest BCUT2D eigenvalue weighted by molar-refractivity contribution is 7.17. The molecule has 0 unspecified atom stereocenters. The van der Waals surface area contributed by atoms with Gasteiger partial charge in [-0.25, -0.2) is 9.37 Å². The Balaban J connectivity index is 1.92. The van der Waals surface area contributed by atoms with Crippen LogP contribution in [0.5, 0.6) is 0 Å². The van der Waals surface area contributed by atoms with Crippen LogP contribution in [0, 0.1) is 5.82 Å². The minimum atomic E-state index is -0.290. The number of fused-ring (bicyclic) bond motifs is 1. The van der Waals surface area contributed by atoms with Crippen molar-refractivity contribution in [3.05, 3.63) is 52.1 Å². The van der Waals surface area contributed by atoms with Crippen molar-refractivity contribution >= 4 is 21.6 Å². The van der Waals surface area contributed by atoms with Gasteiger partial charge in [-0.05, 0) is 25.3 Å². The molecule has 1 saturated carbocycles.